The summed E-state index contributed by atoms with van der Waals surface area (Å²) >= 11 is 0. The molecule has 0 atom stereocenters. The van der Waals surface area contributed by atoms with E-state index in [1.54, 1.807) is 19.1 Å². The van der Waals surface area contributed by atoms with Crippen LogP contribution in [0.15, 0.2) is 18.2 Å². The van der Waals surface area contributed by atoms with E-state index in [-0.39, 0.29) is 17.7 Å². The van der Waals surface area contributed by atoms with Crippen molar-refractivity contribution >= 4 is 11.7 Å². The number of rotatable bonds is 4. The molecule has 0 aromatic heterocycles. The van der Waals surface area contributed by atoms with Gasteiger partial charge >= 0.3 is 5.97 Å². The van der Waals surface area contributed by atoms with E-state index in [9.17, 15) is 9.18 Å². The maximum Gasteiger partial charge on any atom is 0.309 e. The molecule has 5 heteroatoms. The number of piperidine rings is 1. The Morgan fingerprint density at radius 3 is 2.65 bits per heavy atom. The van der Waals surface area contributed by atoms with Crippen LogP contribution in [0.3, 0.4) is 0 Å². The van der Waals surface area contributed by atoms with E-state index in [4.69, 9.17) is 9.47 Å². The van der Waals surface area contributed by atoms with Crippen molar-refractivity contribution in [1.29, 1.82) is 0 Å². The largest absolute Gasteiger partial charge is 0.497 e. The van der Waals surface area contributed by atoms with Crippen LogP contribution in [-0.4, -0.2) is 32.8 Å². The fourth-order valence-electron chi connectivity index (χ4n) is 2.49. The van der Waals surface area contributed by atoms with Gasteiger partial charge in [0.2, 0.25) is 0 Å². The number of benzene rings is 1. The molecule has 1 aliphatic heterocycles. The maximum absolute atomic E-state index is 14.0. The number of nitrogens with zero attached hydrogens (tertiary/aromatic N) is 1. The summed E-state index contributed by atoms with van der Waals surface area (Å²) in [7, 11) is 1.51. The number of esters is 1. The molecule has 1 heterocycles. The number of hydrogen-bond acceptors (Lipinski definition) is 4. The summed E-state index contributed by atoms with van der Waals surface area (Å²) in [4.78, 5) is 13.6. The van der Waals surface area contributed by atoms with Crippen molar-refractivity contribution in [2.45, 2.75) is 19.8 Å². The molecule has 1 aromatic carbocycles. The smallest absolute Gasteiger partial charge is 0.309 e. The van der Waals surface area contributed by atoms with Gasteiger partial charge in [-0.05, 0) is 31.9 Å². The Morgan fingerprint density at radius 2 is 2.10 bits per heavy atom. The maximum atomic E-state index is 14.0. The number of anilines is 1. The van der Waals surface area contributed by atoms with Crippen LogP contribution < -0.4 is 9.64 Å². The Bertz CT molecular complexity index is 470. The lowest BCUT2D eigenvalue weighted by Crippen LogP contribution is -2.37. The van der Waals surface area contributed by atoms with Gasteiger partial charge in [0.1, 0.15) is 11.6 Å². The van der Waals surface area contributed by atoms with Gasteiger partial charge in [-0.3, -0.25) is 4.79 Å². The molecular weight excluding hydrogens is 261 g/mol. The van der Waals surface area contributed by atoms with Crippen molar-refractivity contribution in [1.82, 2.24) is 0 Å². The Hall–Kier alpha value is -1.78. The predicted molar refractivity (Wildman–Crippen MR) is 74.5 cm³/mol. The molecule has 0 bridgehead atoms. The molecule has 1 fully saturated rings. The lowest BCUT2D eigenvalue weighted by molar-refractivity contribution is -0.148. The van der Waals surface area contributed by atoms with Crippen LogP contribution in [0.2, 0.25) is 0 Å². The SMILES string of the molecule is CCOC(=O)C1CCN(c2ccc(OC)cc2F)CC1. The van der Waals surface area contributed by atoms with E-state index >= 15 is 0 Å². The van der Waals surface area contributed by atoms with Crippen molar-refractivity contribution in [3.63, 3.8) is 0 Å². The molecule has 1 aliphatic rings. The summed E-state index contributed by atoms with van der Waals surface area (Å²) in [5.74, 6) is 0.0152. The Kier molecular flexibility index (Phi) is 4.82. The van der Waals surface area contributed by atoms with E-state index < -0.39 is 0 Å². The molecule has 2 rings (SSSR count). The van der Waals surface area contributed by atoms with Crippen molar-refractivity contribution in [2.24, 2.45) is 5.92 Å². The molecule has 0 unspecified atom stereocenters. The highest BCUT2D eigenvalue weighted by molar-refractivity contribution is 5.73. The minimum atomic E-state index is -0.293. The van der Waals surface area contributed by atoms with Crippen LogP contribution in [0.5, 0.6) is 5.75 Å². The highest BCUT2D eigenvalue weighted by atomic mass is 19.1. The topological polar surface area (TPSA) is 38.8 Å². The number of ether oxygens (including phenoxy) is 2. The Labute approximate surface area is 118 Å². The van der Waals surface area contributed by atoms with Gasteiger partial charge in [0.05, 0.1) is 25.3 Å². The monoisotopic (exact) mass is 281 g/mol. The first kappa shape index (κ1) is 14.6. The summed E-state index contributed by atoms with van der Waals surface area (Å²) in [6, 6.07) is 4.85. The fourth-order valence-corrected chi connectivity index (χ4v) is 2.49. The van der Waals surface area contributed by atoms with Crippen LogP contribution >= 0.6 is 0 Å². The molecular formula is C15H20FNO3. The minimum absolute atomic E-state index is 0.0625. The van der Waals surface area contributed by atoms with E-state index in [1.165, 1.54) is 13.2 Å². The molecule has 0 radical (unpaired) electrons. The molecule has 1 saturated heterocycles. The average molecular weight is 281 g/mol. The Balaban J connectivity index is 1.98. The summed E-state index contributed by atoms with van der Waals surface area (Å²) in [6.07, 6.45) is 1.40. The number of methoxy groups -OCH3 is 1. The fraction of sp³-hybridized carbons (Fsp3) is 0.533. The zero-order valence-corrected chi connectivity index (χ0v) is 11.9. The van der Waals surface area contributed by atoms with Gasteiger partial charge in [0, 0.05) is 19.2 Å². The van der Waals surface area contributed by atoms with Gasteiger partial charge < -0.3 is 14.4 Å². The first-order valence-electron chi connectivity index (χ1n) is 6.90. The zero-order chi connectivity index (χ0) is 14.5. The van der Waals surface area contributed by atoms with Gasteiger partial charge in [0.15, 0.2) is 0 Å². The molecule has 1 aromatic rings. The summed E-state index contributed by atoms with van der Waals surface area (Å²) in [5, 5.41) is 0. The highest BCUT2D eigenvalue weighted by Gasteiger charge is 2.27. The summed E-state index contributed by atoms with van der Waals surface area (Å²) in [6.45, 7) is 3.53. The summed E-state index contributed by atoms with van der Waals surface area (Å²) < 4.78 is 24.0. The second-order valence-corrected chi connectivity index (χ2v) is 4.83. The molecule has 0 N–H and O–H groups in total. The van der Waals surface area contributed by atoms with E-state index in [1.807, 2.05) is 4.90 Å². The molecule has 0 saturated carbocycles. The molecule has 0 amide bonds. The van der Waals surface area contributed by atoms with Crippen LogP contribution in [0.4, 0.5) is 10.1 Å². The van der Waals surface area contributed by atoms with E-state index in [0.717, 1.165) is 0 Å². The quantitative estimate of drug-likeness (QED) is 0.795. The molecule has 4 nitrogen and oxygen atoms in total. The third-order valence-corrected chi connectivity index (χ3v) is 3.61. The van der Waals surface area contributed by atoms with Crippen molar-refractivity contribution < 1.29 is 18.7 Å². The van der Waals surface area contributed by atoms with Crippen molar-refractivity contribution in [3.8, 4) is 5.75 Å². The number of halogens is 1. The van der Waals surface area contributed by atoms with Gasteiger partial charge in [-0.25, -0.2) is 4.39 Å². The lowest BCUT2D eigenvalue weighted by Gasteiger charge is -2.32. The highest BCUT2D eigenvalue weighted by Crippen LogP contribution is 2.28. The van der Waals surface area contributed by atoms with Gasteiger partial charge in [0.25, 0.3) is 0 Å². The predicted octanol–water partition coefficient (Wildman–Crippen LogP) is 2.61. The third-order valence-electron chi connectivity index (χ3n) is 3.61. The number of carbonyl (C=O) groups is 1. The zero-order valence-electron chi connectivity index (χ0n) is 11.9. The molecule has 110 valence electrons. The molecule has 0 aliphatic carbocycles. The van der Waals surface area contributed by atoms with Gasteiger partial charge in [-0.2, -0.15) is 0 Å². The van der Waals surface area contributed by atoms with E-state index in [2.05, 4.69) is 0 Å². The molecule has 20 heavy (non-hydrogen) atoms. The normalized spacial score (nSPS) is 16.1. The van der Waals surface area contributed by atoms with Crippen molar-refractivity contribution in [2.75, 3.05) is 31.7 Å². The van der Waals surface area contributed by atoms with E-state index in [0.29, 0.717) is 44.0 Å². The lowest BCUT2D eigenvalue weighted by atomic mass is 9.96. The van der Waals surface area contributed by atoms with Gasteiger partial charge in [-0.1, -0.05) is 0 Å². The summed E-state index contributed by atoms with van der Waals surface area (Å²) in [5.41, 5.74) is 0.563. The van der Waals surface area contributed by atoms with Crippen LogP contribution in [0, 0.1) is 11.7 Å². The second kappa shape index (κ2) is 6.59. The third kappa shape index (κ3) is 3.21. The Morgan fingerprint density at radius 1 is 1.40 bits per heavy atom. The standard InChI is InChI=1S/C15H20FNO3/c1-3-20-15(18)11-6-8-17(9-7-11)14-5-4-12(19-2)10-13(14)16/h4-5,10-11H,3,6-9H2,1-2H3. The number of hydrogen-bond donors (Lipinski definition) is 0. The first-order chi connectivity index (χ1) is 9.65. The number of carbonyl (C=O) groups excluding carboxylic acids is 1. The van der Waals surface area contributed by atoms with Crippen LogP contribution in [-0.2, 0) is 9.53 Å². The first-order valence-corrected chi connectivity index (χ1v) is 6.90. The van der Waals surface area contributed by atoms with Gasteiger partial charge in [-0.15, -0.1) is 0 Å². The van der Waals surface area contributed by atoms with Crippen molar-refractivity contribution in [3.05, 3.63) is 24.0 Å². The van der Waals surface area contributed by atoms with Crippen LogP contribution in [0.25, 0.3) is 0 Å². The van der Waals surface area contributed by atoms with Crippen LogP contribution in [0.1, 0.15) is 19.8 Å². The average Bonchev–Trinajstić information content (AvgIpc) is 2.47. The minimum Gasteiger partial charge on any atom is -0.497 e. The second-order valence-electron chi connectivity index (χ2n) is 4.83. The molecule has 0 spiro atoms.